The third-order valence-corrected chi connectivity index (χ3v) is 6.18. The quantitative estimate of drug-likeness (QED) is 0.169. The molecule has 0 spiro atoms. The average Bonchev–Trinajstić information content (AvgIpc) is 2.95. The van der Waals surface area contributed by atoms with Crippen molar-refractivity contribution in [3.63, 3.8) is 0 Å². The highest BCUT2D eigenvalue weighted by Crippen LogP contribution is 2.32. The van der Waals surface area contributed by atoms with Gasteiger partial charge in [-0.15, -0.1) is 0 Å². The van der Waals surface area contributed by atoms with Crippen molar-refractivity contribution in [3.05, 3.63) is 110 Å². The number of nitrogens with one attached hydrogen (secondary N) is 3. The van der Waals surface area contributed by atoms with E-state index in [4.69, 9.17) is 0 Å². The van der Waals surface area contributed by atoms with E-state index in [1.807, 2.05) is 80.7 Å². The molecule has 0 heterocycles. The minimum absolute atomic E-state index is 0.0128. The Bertz CT molecular complexity index is 1020. The Hall–Kier alpha value is -4.04. The molecule has 2 aromatic rings. The van der Waals surface area contributed by atoms with Gasteiger partial charge in [-0.05, 0) is 49.4 Å². The third-order valence-electron chi connectivity index (χ3n) is 6.18. The average molecular weight is 528 g/mol. The SMILES string of the molecule is C=C(C#Cc1ccccc1)NCCC(=C)NC(C(=O)C(C=O)CCC)C1CCC1.C=CNC.c1ccccc1. The summed E-state index contributed by atoms with van der Waals surface area (Å²) >= 11 is 0. The van der Waals surface area contributed by atoms with E-state index < -0.39 is 5.92 Å². The van der Waals surface area contributed by atoms with Crippen molar-refractivity contribution in [2.24, 2.45) is 11.8 Å². The predicted molar refractivity (Wildman–Crippen MR) is 164 cm³/mol. The van der Waals surface area contributed by atoms with Gasteiger partial charge in [-0.3, -0.25) is 4.79 Å². The molecule has 0 aromatic heterocycles. The van der Waals surface area contributed by atoms with E-state index in [-0.39, 0.29) is 11.8 Å². The van der Waals surface area contributed by atoms with Crippen molar-refractivity contribution in [2.75, 3.05) is 13.6 Å². The smallest absolute Gasteiger partial charge is 0.165 e. The van der Waals surface area contributed by atoms with Gasteiger partial charge in [0.1, 0.15) is 6.29 Å². The molecule has 0 radical (unpaired) electrons. The normalized spacial score (nSPS) is 13.0. The van der Waals surface area contributed by atoms with Gasteiger partial charge in [0.2, 0.25) is 0 Å². The van der Waals surface area contributed by atoms with Crippen LogP contribution in [0, 0.1) is 23.7 Å². The van der Waals surface area contributed by atoms with Crippen molar-refractivity contribution in [1.82, 2.24) is 16.0 Å². The second-order valence-corrected chi connectivity index (χ2v) is 9.27. The molecule has 0 amide bonds. The number of allylic oxidation sites excluding steroid dienone is 1. The van der Waals surface area contributed by atoms with Crippen LogP contribution in [0.3, 0.4) is 0 Å². The van der Waals surface area contributed by atoms with Gasteiger partial charge in [-0.25, -0.2) is 0 Å². The summed E-state index contributed by atoms with van der Waals surface area (Å²) in [4.78, 5) is 24.2. The van der Waals surface area contributed by atoms with Crippen LogP contribution in [0.2, 0.25) is 0 Å². The van der Waals surface area contributed by atoms with E-state index in [0.29, 0.717) is 31.0 Å². The second kappa shape index (κ2) is 21.0. The maximum absolute atomic E-state index is 12.9. The van der Waals surface area contributed by atoms with E-state index in [1.54, 1.807) is 6.20 Å². The van der Waals surface area contributed by atoms with Gasteiger partial charge < -0.3 is 20.7 Å². The highest BCUT2D eigenvalue weighted by Gasteiger charge is 2.35. The van der Waals surface area contributed by atoms with E-state index in [9.17, 15) is 9.59 Å². The van der Waals surface area contributed by atoms with Crippen LogP contribution in [0.15, 0.2) is 104 Å². The molecule has 2 atom stereocenters. The monoisotopic (exact) mass is 527 g/mol. The predicted octanol–water partition coefficient (Wildman–Crippen LogP) is 6.02. The molecule has 1 fully saturated rings. The van der Waals surface area contributed by atoms with Crippen LogP contribution in [-0.4, -0.2) is 31.7 Å². The number of rotatable bonds is 13. The summed E-state index contributed by atoms with van der Waals surface area (Å²) in [5.74, 6) is 5.87. The Morgan fingerprint density at radius 1 is 1.05 bits per heavy atom. The van der Waals surface area contributed by atoms with Gasteiger partial charge in [0.05, 0.1) is 17.7 Å². The maximum Gasteiger partial charge on any atom is 0.165 e. The maximum atomic E-state index is 12.9. The number of carbonyl (C=O) groups excluding carboxylic acids is 2. The van der Waals surface area contributed by atoms with Crippen LogP contribution < -0.4 is 16.0 Å². The lowest BCUT2D eigenvalue weighted by molar-refractivity contribution is -0.130. The summed E-state index contributed by atoms with van der Waals surface area (Å²) in [7, 11) is 1.81. The molecule has 1 aliphatic rings. The van der Waals surface area contributed by atoms with Crippen molar-refractivity contribution < 1.29 is 9.59 Å². The first-order chi connectivity index (χ1) is 19.0. The molecule has 1 aliphatic carbocycles. The van der Waals surface area contributed by atoms with E-state index in [1.165, 1.54) is 0 Å². The summed E-state index contributed by atoms with van der Waals surface area (Å²) in [6.45, 7) is 14.0. The highest BCUT2D eigenvalue weighted by atomic mass is 16.1. The molecular formula is C34H45N3O2. The zero-order valence-electron chi connectivity index (χ0n) is 23.6. The Labute approximate surface area is 235 Å². The number of ketones is 1. The molecule has 5 nitrogen and oxygen atoms in total. The number of hydrogen-bond donors (Lipinski definition) is 3. The standard InChI is InChI=1S/C25H32N2O2.C6H6.C3H7N/c1-4-9-23(18-28)25(29)24(22-12-8-13-22)27-20(3)16-17-26-19(2)14-15-21-10-6-5-7-11-21;1-2-4-6-5-3-1;1-3-4-2/h5-7,10-11,18,22-24,26-27H,2-4,8-9,12-13,16-17H2,1H3;1-6H;3-4H,1H2,2H3. The Balaban J connectivity index is 0.000000637. The largest absolute Gasteiger partial charge is 0.394 e. The number of Topliss-reactive ketones (excluding diaryl/α,β-unsaturated/α-hetero) is 1. The van der Waals surface area contributed by atoms with Gasteiger partial charge in [-0.1, -0.05) is 100 Å². The molecule has 39 heavy (non-hydrogen) atoms. The van der Waals surface area contributed by atoms with Crippen molar-refractivity contribution in [3.8, 4) is 11.8 Å². The Morgan fingerprint density at radius 2 is 1.62 bits per heavy atom. The van der Waals surface area contributed by atoms with Crippen LogP contribution in [0.5, 0.6) is 0 Å². The molecule has 3 N–H and O–H groups in total. The van der Waals surface area contributed by atoms with E-state index in [2.05, 4.69) is 47.5 Å². The van der Waals surface area contributed by atoms with Crippen LogP contribution in [0.4, 0.5) is 0 Å². The minimum Gasteiger partial charge on any atom is -0.394 e. The molecule has 2 unspecified atom stereocenters. The van der Waals surface area contributed by atoms with Crippen molar-refractivity contribution in [1.29, 1.82) is 0 Å². The number of benzene rings is 2. The van der Waals surface area contributed by atoms with Crippen molar-refractivity contribution in [2.45, 2.75) is 51.5 Å². The van der Waals surface area contributed by atoms with Gasteiger partial charge >= 0.3 is 0 Å². The number of aldehydes is 1. The molecule has 5 heteroatoms. The van der Waals surface area contributed by atoms with Gasteiger partial charge in [-0.2, -0.15) is 0 Å². The van der Waals surface area contributed by atoms with Gasteiger partial charge in [0.25, 0.3) is 0 Å². The van der Waals surface area contributed by atoms with Gasteiger partial charge in [0, 0.05) is 31.3 Å². The molecule has 1 saturated carbocycles. The molecule has 208 valence electrons. The molecule has 0 aliphatic heterocycles. The summed E-state index contributed by atoms with van der Waals surface area (Å²) in [5.41, 5.74) is 2.39. The summed E-state index contributed by atoms with van der Waals surface area (Å²) in [6, 6.07) is 21.5. The molecule has 2 aromatic carbocycles. The highest BCUT2D eigenvalue weighted by molar-refractivity contribution is 5.97. The summed E-state index contributed by atoms with van der Waals surface area (Å²) in [6.07, 6.45) is 7.71. The number of hydrogen-bond acceptors (Lipinski definition) is 5. The van der Waals surface area contributed by atoms with E-state index >= 15 is 0 Å². The fourth-order valence-electron chi connectivity index (χ4n) is 3.77. The first kappa shape index (κ1) is 33.0. The van der Waals surface area contributed by atoms with Crippen molar-refractivity contribution >= 4 is 12.1 Å². The molecular weight excluding hydrogens is 482 g/mol. The summed E-state index contributed by atoms with van der Waals surface area (Å²) in [5, 5.41) is 9.20. The molecule has 0 bridgehead atoms. The van der Waals surface area contributed by atoms with Crippen LogP contribution in [-0.2, 0) is 9.59 Å². The lowest BCUT2D eigenvalue weighted by Crippen LogP contribution is -2.48. The Morgan fingerprint density at radius 3 is 2.08 bits per heavy atom. The lowest BCUT2D eigenvalue weighted by Gasteiger charge is -2.35. The first-order valence-corrected chi connectivity index (χ1v) is 13.7. The zero-order chi connectivity index (χ0) is 28.7. The van der Waals surface area contributed by atoms with E-state index in [0.717, 1.165) is 43.2 Å². The lowest BCUT2D eigenvalue weighted by atomic mass is 9.75. The van der Waals surface area contributed by atoms with Crippen LogP contribution in [0.1, 0.15) is 51.0 Å². The number of carbonyl (C=O) groups is 2. The fourth-order valence-corrected chi connectivity index (χ4v) is 3.77. The Kier molecular flexibility index (Phi) is 17.7. The van der Waals surface area contributed by atoms with Gasteiger partial charge in [0.15, 0.2) is 5.78 Å². The molecule has 3 rings (SSSR count). The fraction of sp³-hybridized carbons (Fsp3) is 0.353. The minimum atomic E-state index is -0.517. The topological polar surface area (TPSA) is 70.2 Å². The third kappa shape index (κ3) is 14.5. The van der Waals surface area contributed by atoms with Crippen LogP contribution in [0.25, 0.3) is 0 Å². The zero-order valence-corrected chi connectivity index (χ0v) is 23.6. The van der Waals surface area contributed by atoms with Crippen LogP contribution >= 0.6 is 0 Å². The summed E-state index contributed by atoms with van der Waals surface area (Å²) < 4.78 is 0. The first-order valence-electron chi connectivity index (χ1n) is 13.7. The second-order valence-electron chi connectivity index (χ2n) is 9.27. The molecule has 0 saturated heterocycles.